The van der Waals surface area contributed by atoms with Crippen LogP contribution in [0.25, 0.3) is 163 Å². The summed E-state index contributed by atoms with van der Waals surface area (Å²) in [5.74, 6) is 1.64. The summed E-state index contributed by atoms with van der Waals surface area (Å²) < 4.78 is 9.65. The molecule has 5 heterocycles. The molecule has 5 aromatic heterocycles. The molecule has 0 fully saturated rings. The van der Waals surface area contributed by atoms with E-state index in [1.165, 1.54) is 68.2 Å². The minimum absolute atomic E-state index is 0.535. The molecule has 7 heteroatoms. The quantitative estimate of drug-likeness (QED) is 0.152. The number of aromatic nitrogens is 5. The third-order valence-corrected chi connectivity index (χ3v) is 18.7. The summed E-state index contributed by atoms with van der Waals surface area (Å²) in [6, 6.07) is 98.9. The molecular weight excluding hydrogens is 1030 g/mol. The molecule has 17 aromatic rings. The van der Waals surface area contributed by atoms with Crippen LogP contribution in [0.5, 0.6) is 0 Å². The SMILES string of the molecule is c1ccc(-c2ccc(-c3cccc(-c4nc(-n5c6ccccc6c6cc(-c7ccc8sc9ccccc9c8c7)ccc65)nc(-n5c6ccccc6c6cc(-c7ccc8sc9ccccc9c8c7)ccc65)n4)c3)cc2-c2ccccc2)cc1. The first-order chi connectivity index (χ1) is 40.6. The van der Waals surface area contributed by atoms with E-state index in [0.29, 0.717) is 17.7 Å². The molecule has 0 radical (unpaired) electrons. The normalized spacial score (nSPS) is 11.9. The van der Waals surface area contributed by atoms with Crippen LogP contribution in [-0.2, 0) is 0 Å². The monoisotopic (exact) mass is 1080 g/mol. The molecule has 0 bridgehead atoms. The Morgan fingerprint density at radius 2 is 0.598 bits per heavy atom. The zero-order chi connectivity index (χ0) is 53.8. The van der Waals surface area contributed by atoms with Crippen molar-refractivity contribution in [2.45, 2.75) is 0 Å². The summed E-state index contributed by atoms with van der Waals surface area (Å²) in [5.41, 5.74) is 16.5. The molecule has 0 aliphatic carbocycles. The van der Waals surface area contributed by atoms with Gasteiger partial charge in [0, 0.05) is 67.5 Å². The van der Waals surface area contributed by atoms with Gasteiger partial charge in [0.25, 0.3) is 0 Å². The Labute approximate surface area is 479 Å². The summed E-state index contributed by atoms with van der Waals surface area (Å²) in [4.78, 5) is 16.7. The fraction of sp³-hybridized carbons (Fsp3) is 0. The van der Waals surface area contributed by atoms with E-state index in [2.05, 4.69) is 282 Å². The van der Waals surface area contributed by atoms with Crippen LogP contribution in [0.1, 0.15) is 0 Å². The van der Waals surface area contributed by atoms with E-state index < -0.39 is 0 Å². The van der Waals surface area contributed by atoms with E-state index in [-0.39, 0.29) is 0 Å². The van der Waals surface area contributed by atoms with Gasteiger partial charge in [0.2, 0.25) is 11.9 Å². The Hall–Kier alpha value is -10.3. The van der Waals surface area contributed by atoms with Gasteiger partial charge in [0.15, 0.2) is 5.82 Å². The Morgan fingerprint density at radius 3 is 1.15 bits per heavy atom. The highest BCUT2D eigenvalue weighted by Crippen LogP contribution is 2.43. The topological polar surface area (TPSA) is 48.5 Å². The molecule has 0 aliphatic rings. The van der Waals surface area contributed by atoms with Crippen LogP contribution in [0, 0.1) is 0 Å². The largest absolute Gasteiger partial charge is 0.278 e. The lowest BCUT2D eigenvalue weighted by atomic mass is 9.91. The molecule has 5 nitrogen and oxygen atoms in total. The van der Waals surface area contributed by atoms with Crippen LogP contribution in [0.15, 0.2) is 273 Å². The molecule has 17 rings (SSSR count). The third kappa shape index (κ3) is 7.55. The van der Waals surface area contributed by atoms with Crippen LogP contribution < -0.4 is 0 Å². The first-order valence-electron chi connectivity index (χ1n) is 27.6. The molecule has 382 valence electrons. The van der Waals surface area contributed by atoms with E-state index in [0.717, 1.165) is 77.0 Å². The van der Waals surface area contributed by atoms with E-state index >= 15 is 0 Å². The molecular formula is C75H45N5S2. The summed E-state index contributed by atoms with van der Waals surface area (Å²) in [7, 11) is 0. The molecule has 0 spiro atoms. The molecule has 0 saturated heterocycles. The number of thiophene rings is 2. The first-order valence-corrected chi connectivity index (χ1v) is 29.3. The molecule has 0 unspecified atom stereocenters. The van der Waals surface area contributed by atoms with Crippen molar-refractivity contribution in [1.29, 1.82) is 0 Å². The zero-order valence-electron chi connectivity index (χ0n) is 44.0. The maximum absolute atomic E-state index is 5.59. The van der Waals surface area contributed by atoms with E-state index in [1.54, 1.807) is 0 Å². The lowest BCUT2D eigenvalue weighted by Crippen LogP contribution is -2.10. The standard InChI is InChI=1S/C75H45N5S2/c1-3-16-46(17-4-1)55-35-30-49(41-60(55)47-18-5-2-6-19-47)48-20-15-21-54(40-48)73-76-74(79-65-26-11-7-22-56(65)61-42-50(31-36-67(61)79)52-33-38-71-63(44-52)58-24-9-13-28-69(58)81-71)78-75(77-73)80-66-27-12-8-23-57(66)62-43-51(32-37-68(62)80)53-34-39-72-64(45-53)59-25-10-14-29-70(59)82-72/h1-45H. The average molecular weight is 1080 g/mol. The Morgan fingerprint density at radius 1 is 0.220 bits per heavy atom. The second-order valence-corrected chi connectivity index (χ2v) is 23.3. The van der Waals surface area contributed by atoms with Crippen LogP contribution in [-0.4, -0.2) is 24.1 Å². The van der Waals surface area contributed by atoms with Gasteiger partial charge in [0.05, 0.1) is 22.1 Å². The van der Waals surface area contributed by atoms with Crippen molar-refractivity contribution in [2.75, 3.05) is 0 Å². The minimum Gasteiger partial charge on any atom is -0.278 e. The smallest absolute Gasteiger partial charge is 0.240 e. The summed E-state index contributed by atoms with van der Waals surface area (Å²) in [6.45, 7) is 0. The van der Waals surface area contributed by atoms with Gasteiger partial charge in [-0.15, -0.1) is 22.7 Å². The molecule has 12 aromatic carbocycles. The van der Waals surface area contributed by atoms with E-state index in [4.69, 9.17) is 15.0 Å². The number of hydrogen-bond acceptors (Lipinski definition) is 5. The van der Waals surface area contributed by atoms with Crippen molar-refractivity contribution in [1.82, 2.24) is 24.1 Å². The number of hydrogen-bond donors (Lipinski definition) is 0. The molecule has 0 aliphatic heterocycles. The Kier molecular flexibility index (Phi) is 10.6. The summed E-state index contributed by atoms with van der Waals surface area (Å²) in [5, 5.41) is 9.65. The van der Waals surface area contributed by atoms with Crippen molar-refractivity contribution in [3.8, 4) is 78.9 Å². The van der Waals surface area contributed by atoms with Gasteiger partial charge in [-0.1, -0.05) is 188 Å². The lowest BCUT2D eigenvalue weighted by molar-refractivity contribution is 0.893. The number of benzene rings is 12. The van der Waals surface area contributed by atoms with Gasteiger partial charge >= 0.3 is 0 Å². The fourth-order valence-electron chi connectivity index (χ4n) is 12.5. The maximum atomic E-state index is 5.59. The van der Waals surface area contributed by atoms with Gasteiger partial charge in [0.1, 0.15) is 0 Å². The lowest BCUT2D eigenvalue weighted by Gasteiger charge is -2.15. The predicted octanol–water partition coefficient (Wildman–Crippen LogP) is 20.8. The highest BCUT2D eigenvalue weighted by atomic mass is 32.1. The van der Waals surface area contributed by atoms with Crippen molar-refractivity contribution in [3.63, 3.8) is 0 Å². The predicted molar refractivity (Wildman–Crippen MR) is 347 cm³/mol. The second kappa shape index (κ2) is 18.6. The van der Waals surface area contributed by atoms with Crippen LogP contribution >= 0.6 is 22.7 Å². The van der Waals surface area contributed by atoms with Gasteiger partial charge in [-0.3, -0.25) is 9.13 Å². The number of nitrogens with zero attached hydrogens (tertiary/aromatic N) is 5. The molecule has 0 N–H and O–H groups in total. The summed E-state index contributed by atoms with van der Waals surface area (Å²) >= 11 is 3.69. The number of rotatable bonds is 8. The number of para-hydroxylation sites is 2. The van der Waals surface area contributed by atoms with Gasteiger partial charge in [-0.05, 0) is 141 Å². The minimum atomic E-state index is 0.535. The zero-order valence-corrected chi connectivity index (χ0v) is 45.7. The molecule has 0 atom stereocenters. The second-order valence-electron chi connectivity index (χ2n) is 21.1. The van der Waals surface area contributed by atoms with Crippen molar-refractivity contribution >= 4 is 107 Å². The van der Waals surface area contributed by atoms with Gasteiger partial charge in [-0.2, -0.15) is 15.0 Å². The summed E-state index contributed by atoms with van der Waals surface area (Å²) in [6.07, 6.45) is 0. The Bertz CT molecular complexity index is 5170. The fourth-order valence-corrected chi connectivity index (χ4v) is 14.7. The van der Waals surface area contributed by atoms with Crippen LogP contribution in [0.2, 0.25) is 0 Å². The van der Waals surface area contributed by atoms with Crippen LogP contribution in [0.4, 0.5) is 0 Å². The van der Waals surface area contributed by atoms with Gasteiger partial charge < -0.3 is 0 Å². The van der Waals surface area contributed by atoms with Crippen molar-refractivity contribution < 1.29 is 0 Å². The number of fused-ring (bicyclic) bond motifs is 12. The van der Waals surface area contributed by atoms with Crippen molar-refractivity contribution in [2.24, 2.45) is 0 Å². The van der Waals surface area contributed by atoms with E-state index in [9.17, 15) is 0 Å². The molecule has 0 amide bonds. The highest BCUT2D eigenvalue weighted by Gasteiger charge is 2.23. The average Bonchev–Trinajstić information content (AvgIpc) is 3.96. The molecule has 0 saturated carbocycles. The highest BCUT2D eigenvalue weighted by molar-refractivity contribution is 7.26. The Balaban J connectivity index is 0.864. The van der Waals surface area contributed by atoms with Crippen LogP contribution in [0.3, 0.4) is 0 Å². The van der Waals surface area contributed by atoms with E-state index in [1.807, 2.05) is 22.7 Å². The first kappa shape index (κ1) is 46.6. The molecule has 82 heavy (non-hydrogen) atoms. The van der Waals surface area contributed by atoms with Crippen molar-refractivity contribution in [3.05, 3.63) is 273 Å². The van der Waals surface area contributed by atoms with Gasteiger partial charge in [-0.25, -0.2) is 0 Å². The third-order valence-electron chi connectivity index (χ3n) is 16.4. The maximum Gasteiger partial charge on any atom is 0.240 e.